The van der Waals surface area contributed by atoms with Crippen molar-refractivity contribution >= 4 is 49.5 Å². The standard InChI is InChI=1S/C25H22P2.ClH.Pd/c1-5-13-22(14-6-1)26(23-15-7-2-8-16-23)21-27(24-17-9-3-10-18-24)25-19-11-4-12-20-25;;/h1-20H,21H2;1H;. The van der Waals surface area contributed by atoms with E-state index in [4.69, 9.17) is 0 Å². The van der Waals surface area contributed by atoms with Gasteiger partial charge < -0.3 is 0 Å². The molecule has 0 aromatic heterocycles. The van der Waals surface area contributed by atoms with Crippen molar-refractivity contribution in [1.29, 1.82) is 0 Å². The van der Waals surface area contributed by atoms with Crippen LogP contribution in [0.15, 0.2) is 121 Å². The molecule has 4 aromatic carbocycles. The molecule has 4 rings (SSSR count). The Balaban J connectivity index is 0.00000150. The minimum atomic E-state index is -0.409. The monoisotopic (exact) mass is 526 g/mol. The molecule has 0 heterocycles. The fraction of sp³-hybridized carbons (Fsp3) is 0.0400. The van der Waals surface area contributed by atoms with Crippen LogP contribution in [0.5, 0.6) is 0 Å². The van der Waals surface area contributed by atoms with Crippen LogP contribution in [-0.4, -0.2) is 5.90 Å². The average molecular weight is 527 g/mol. The number of hydrogen-bond donors (Lipinski definition) is 0. The predicted octanol–water partition coefficient (Wildman–Crippen LogP) is 5.63. The van der Waals surface area contributed by atoms with Crippen LogP contribution in [0.25, 0.3) is 0 Å². The molecule has 0 saturated carbocycles. The third kappa shape index (κ3) is 6.33. The zero-order chi connectivity index (χ0) is 18.3. The second-order valence-corrected chi connectivity index (χ2v) is 11.2. The van der Waals surface area contributed by atoms with Crippen molar-refractivity contribution < 1.29 is 20.4 Å². The molecule has 0 nitrogen and oxygen atoms in total. The number of benzene rings is 4. The molecule has 0 radical (unpaired) electrons. The molecule has 0 amide bonds. The van der Waals surface area contributed by atoms with Crippen molar-refractivity contribution in [2.75, 3.05) is 5.90 Å². The predicted molar refractivity (Wildman–Crippen MR) is 130 cm³/mol. The topological polar surface area (TPSA) is 0 Å². The maximum absolute atomic E-state index is 2.29. The van der Waals surface area contributed by atoms with Gasteiger partial charge in [-0.2, -0.15) is 0 Å². The van der Waals surface area contributed by atoms with Crippen molar-refractivity contribution in [3.63, 3.8) is 0 Å². The van der Waals surface area contributed by atoms with Crippen LogP contribution in [0, 0.1) is 0 Å². The molecule has 0 fully saturated rings. The van der Waals surface area contributed by atoms with E-state index in [0.717, 1.165) is 0 Å². The Morgan fingerprint density at radius 2 is 0.586 bits per heavy atom. The van der Waals surface area contributed by atoms with E-state index < -0.39 is 15.8 Å². The normalized spacial score (nSPS) is 10.3. The number of hydrogen-bond acceptors (Lipinski definition) is 0. The van der Waals surface area contributed by atoms with Crippen molar-refractivity contribution in [3.8, 4) is 0 Å². The van der Waals surface area contributed by atoms with Gasteiger partial charge >= 0.3 is 0 Å². The summed E-state index contributed by atoms with van der Waals surface area (Å²) in [6.45, 7) is 0. The van der Waals surface area contributed by atoms with E-state index in [-0.39, 0.29) is 32.8 Å². The first-order valence-corrected chi connectivity index (χ1v) is 12.2. The molecule has 0 saturated heterocycles. The summed E-state index contributed by atoms with van der Waals surface area (Å²) in [5.41, 5.74) is 0. The van der Waals surface area contributed by atoms with Gasteiger partial charge in [-0.1, -0.05) is 121 Å². The van der Waals surface area contributed by atoms with Gasteiger partial charge in [-0.25, -0.2) is 0 Å². The minimum absolute atomic E-state index is 0. The fourth-order valence-corrected chi connectivity index (χ4v) is 9.67. The molecular formula is C25H23ClP2Pd. The molecule has 0 bridgehead atoms. The Labute approximate surface area is 196 Å². The summed E-state index contributed by atoms with van der Waals surface area (Å²) in [6, 6.07) is 44.1. The summed E-state index contributed by atoms with van der Waals surface area (Å²) in [5.74, 6) is 1.17. The summed E-state index contributed by atoms with van der Waals surface area (Å²) in [4.78, 5) is 0. The first-order chi connectivity index (χ1) is 13.4. The van der Waals surface area contributed by atoms with Gasteiger partial charge in [0.1, 0.15) is 0 Å². The molecule has 4 aromatic rings. The fourth-order valence-electron chi connectivity index (χ4n) is 3.20. The second kappa shape index (κ2) is 12.4. The maximum atomic E-state index is 2.29. The van der Waals surface area contributed by atoms with Gasteiger partial charge in [-0.05, 0) is 37.1 Å². The smallest absolute Gasteiger partial charge is 0.00405 e. The summed E-state index contributed by atoms with van der Waals surface area (Å²) >= 11 is 0. The third-order valence-corrected chi connectivity index (χ3v) is 10.5. The molecule has 150 valence electrons. The number of halogens is 1. The molecule has 4 heteroatoms. The Morgan fingerprint density at radius 1 is 0.379 bits per heavy atom. The summed E-state index contributed by atoms with van der Waals surface area (Å²) in [7, 11) is -0.817. The van der Waals surface area contributed by atoms with E-state index in [0.29, 0.717) is 0 Å². The summed E-state index contributed by atoms with van der Waals surface area (Å²) in [5, 5.41) is 5.83. The molecule has 0 aliphatic rings. The zero-order valence-electron chi connectivity index (χ0n) is 15.9. The second-order valence-electron chi connectivity index (χ2n) is 6.34. The first kappa shape index (κ1) is 24.0. The zero-order valence-corrected chi connectivity index (χ0v) is 20.0. The van der Waals surface area contributed by atoms with Gasteiger partial charge in [0.05, 0.1) is 0 Å². The van der Waals surface area contributed by atoms with Crippen LogP contribution >= 0.6 is 28.3 Å². The van der Waals surface area contributed by atoms with Crippen LogP contribution in [0.4, 0.5) is 0 Å². The van der Waals surface area contributed by atoms with E-state index in [1.54, 1.807) is 0 Å². The Hall–Kier alpha value is -1.31. The van der Waals surface area contributed by atoms with Crippen molar-refractivity contribution in [3.05, 3.63) is 121 Å². The summed E-state index contributed by atoms with van der Waals surface area (Å²) < 4.78 is 0. The van der Waals surface area contributed by atoms with Gasteiger partial charge in [0.2, 0.25) is 0 Å². The maximum Gasteiger partial charge on any atom is 0.00405 e. The van der Waals surface area contributed by atoms with E-state index in [1.807, 2.05) is 0 Å². The molecule has 0 unspecified atom stereocenters. The minimum Gasteiger partial charge on any atom is -0.147 e. The van der Waals surface area contributed by atoms with Crippen molar-refractivity contribution in [2.45, 2.75) is 0 Å². The number of rotatable bonds is 6. The Bertz CT molecular complexity index is 791. The van der Waals surface area contributed by atoms with Gasteiger partial charge in [0, 0.05) is 26.3 Å². The van der Waals surface area contributed by atoms with Crippen molar-refractivity contribution in [1.82, 2.24) is 0 Å². The van der Waals surface area contributed by atoms with E-state index in [2.05, 4.69) is 121 Å². The van der Waals surface area contributed by atoms with E-state index >= 15 is 0 Å². The Kier molecular flexibility index (Phi) is 10.2. The molecule has 0 atom stereocenters. The molecule has 0 spiro atoms. The van der Waals surface area contributed by atoms with Gasteiger partial charge in [-0.15, -0.1) is 12.4 Å². The molecule has 0 aliphatic carbocycles. The largest absolute Gasteiger partial charge is 0.147 e. The van der Waals surface area contributed by atoms with Crippen LogP contribution in [0.3, 0.4) is 0 Å². The van der Waals surface area contributed by atoms with Gasteiger partial charge in [0.15, 0.2) is 0 Å². The van der Waals surface area contributed by atoms with Crippen LogP contribution in [0.2, 0.25) is 0 Å². The SMILES string of the molecule is Cl.[Pd].c1ccc(P(CP(c2ccccc2)c2ccccc2)c2ccccc2)cc1. The van der Waals surface area contributed by atoms with Crippen LogP contribution in [0.1, 0.15) is 0 Å². The first-order valence-electron chi connectivity index (χ1n) is 9.17. The summed E-state index contributed by atoms with van der Waals surface area (Å²) in [6.07, 6.45) is 0. The molecular weight excluding hydrogens is 504 g/mol. The Morgan fingerprint density at radius 3 is 0.793 bits per heavy atom. The van der Waals surface area contributed by atoms with Crippen LogP contribution in [-0.2, 0) is 20.4 Å². The molecule has 0 N–H and O–H groups in total. The van der Waals surface area contributed by atoms with Crippen LogP contribution < -0.4 is 21.2 Å². The van der Waals surface area contributed by atoms with Gasteiger partial charge in [-0.3, -0.25) is 0 Å². The molecule has 29 heavy (non-hydrogen) atoms. The van der Waals surface area contributed by atoms with Crippen molar-refractivity contribution in [2.24, 2.45) is 0 Å². The molecule has 0 aliphatic heterocycles. The third-order valence-electron chi connectivity index (χ3n) is 4.55. The van der Waals surface area contributed by atoms with Gasteiger partial charge in [0.25, 0.3) is 0 Å². The van der Waals surface area contributed by atoms with E-state index in [9.17, 15) is 0 Å². The van der Waals surface area contributed by atoms with E-state index in [1.165, 1.54) is 27.1 Å². The average Bonchev–Trinajstić information content (AvgIpc) is 2.77. The quantitative estimate of drug-likeness (QED) is 0.225.